The van der Waals surface area contributed by atoms with Crippen LogP contribution >= 0.6 is 11.6 Å². The maximum absolute atomic E-state index is 13.1. The summed E-state index contributed by atoms with van der Waals surface area (Å²) in [6.07, 6.45) is 0.551. The van der Waals surface area contributed by atoms with E-state index in [1.165, 1.54) is 12.1 Å². The predicted molar refractivity (Wildman–Crippen MR) is 49.9 cm³/mol. The molecule has 0 aromatic heterocycles. The van der Waals surface area contributed by atoms with Crippen LogP contribution in [0.15, 0.2) is 18.2 Å². The van der Waals surface area contributed by atoms with Gasteiger partial charge in [0.05, 0.1) is 0 Å². The number of hydrogen-bond acceptors (Lipinski definition) is 0. The molecule has 0 aliphatic rings. The third kappa shape index (κ3) is 2.96. The highest BCUT2D eigenvalue weighted by molar-refractivity contribution is 6.18. The Kier molecular flexibility index (Phi) is 3.67. The maximum Gasteiger partial charge on any atom is 0.129 e. The van der Waals surface area contributed by atoms with Gasteiger partial charge in [0.2, 0.25) is 0 Å². The Morgan fingerprint density at radius 2 is 2.08 bits per heavy atom. The van der Waals surface area contributed by atoms with Gasteiger partial charge in [-0.05, 0) is 24.0 Å². The number of hydrogen-bond donors (Lipinski definition) is 0. The molecule has 3 heteroatoms. The van der Waals surface area contributed by atoms with Crippen molar-refractivity contribution in [1.29, 1.82) is 0 Å². The Labute approximate surface area is 81.5 Å². The molecule has 0 spiro atoms. The van der Waals surface area contributed by atoms with E-state index in [0.29, 0.717) is 17.9 Å². The SMILES string of the molecule is CC(CCl)Cc1ccc(F)cc1F. The van der Waals surface area contributed by atoms with Crippen LogP contribution in [0.25, 0.3) is 0 Å². The molecule has 1 unspecified atom stereocenters. The summed E-state index contributed by atoms with van der Waals surface area (Å²) in [6, 6.07) is 3.63. The van der Waals surface area contributed by atoms with E-state index in [1.807, 2.05) is 6.92 Å². The predicted octanol–water partition coefficient (Wildman–Crippen LogP) is 3.38. The third-order valence-corrected chi connectivity index (χ3v) is 2.37. The molecule has 72 valence electrons. The molecule has 0 saturated heterocycles. The molecule has 0 fully saturated rings. The molecule has 0 bridgehead atoms. The number of alkyl halides is 1. The second-order valence-corrected chi connectivity index (χ2v) is 3.51. The second kappa shape index (κ2) is 4.56. The fraction of sp³-hybridized carbons (Fsp3) is 0.400. The normalized spacial score (nSPS) is 12.9. The molecule has 0 radical (unpaired) electrons. The van der Waals surface area contributed by atoms with Crippen molar-refractivity contribution >= 4 is 11.6 Å². The first-order valence-electron chi connectivity index (χ1n) is 4.13. The van der Waals surface area contributed by atoms with Crippen molar-refractivity contribution in [3.63, 3.8) is 0 Å². The maximum atomic E-state index is 13.1. The molecule has 1 aromatic carbocycles. The van der Waals surface area contributed by atoms with Gasteiger partial charge in [0, 0.05) is 11.9 Å². The Hall–Kier alpha value is -0.630. The van der Waals surface area contributed by atoms with Crippen LogP contribution in [0.4, 0.5) is 8.78 Å². The lowest BCUT2D eigenvalue weighted by molar-refractivity contribution is 0.553. The van der Waals surface area contributed by atoms with E-state index in [0.717, 1.165) is 6.07 Å². The summed E-state index contributed by atoms with van der Waals surface area (Å²) in [7, 11) is 0. The molecule has 0 aliphatic carbocycles. The van der Waals surface area contributed by atoms with Crippen molar-refractivity contribution < 1.29 is 8.78 Å². The summed E-state index contributed by atoms with van der Waals surface area (Å²) in [5.41, 5.74) is 0.523. The lowest BCUT2D eigenvalue weighted by Crippen LogP contribution is -2.03. The summed E-state index contributed by atoms with van der Waals surface area (Å²) >= 11 is 5.59. The molecule has 0 amide bonds. The highest BCUT2D eigenvalue weighted by atomic mass is 35.5. The van der Waals surface area contributed by atoms with E-state index in [-0.39, 0.29) is 5.92 Å². The van der Waals surface area contributed by atoms with Gasteiger partial charge in [0.1, 0.15) is 11.6 Å². The van der Waals surface area contributed by atoms with Gasteiger partial charge in [-0.2, -0.15) is 0 Å². The highest BCUT2D eigenvalue weighted by Crippen LogP contribution is 2.14. The summed E-state index contributed by atoms with van der Waals surface area (Å²) in [4.78, 5) is 0. The third-order valence-electron chi connectivity index (χ3n) is 1.85. The first-order chi connectivity index (χ1) is 6.13. The van der Waals surface area contributed by atoms with Crippen molar-refractivity contribution in [2.24, 2.45) is 5.92 Å². The number of halogens is 3. The molecular weight excluding hydrogens is 194 g/mol. The smallest absolute Gasteiger partial charge is 0.129 e. The Morgan fingerprint density at radius 1 is 1.38 bits per heavy atom. The minimum Gasteiger partial charge on any atom is -0.207 e. The van der Waals surface area contributed by atoms with Crippen LogP contribution in [0.3, 0.4) is 0 Å². The number of rotatable bonds is 3. The summed E-state index contributed by atoms with van der Waals surface area (Å²) in [5.74, 6) is -0.338. The molecule has 1 aromatic rings. The van der Waals surface area contributed by atoms with Crippen LogP contribution < -0.4 is 0 Å². The summed E-state index contributed by atoms with van der Waals surface area (Å²) in [6.45, 7) is 1.93. The standard InChI is InChI=1S/C10H11ClF2/c1-7(6-11)4-8-2-3-9(12)5-10(8)13/h2-3,5,7H,4,6H2,1H3. The van der Waals surface area contributed by atoms with Crippen LogP contribution in [-0.2, 0) is 6.42 Å². The van der Waals surface area contributed by atoms with Gasteiger partial charge in [-0.25, -0.2) is 8.78 Å². The molecular formula is C10H11ClF2. The van der Waals surface area contributed by atoms with Gasteiger partial charge < -0.3 is 0 Å². The van der Waals surface area contributed by atoms with Crippen molar-refractivity contribution in [1.82, 2.24) is 0 Å². The van der Waals surface area contributed by atoms with Gasteiger partial charge in [0.25, 0.3) is 0 Å². The number of benzene rings is 1. The largest absolute Gasteiger partial charge is 0.207 e. The molecule has 13 heavy (non-hydrogen) atoms. The lowest BCUT2D eigenvalue weighted by Gasteiger charge is -2.07. The van der Waals surface area contributed by atoms with E-state index in [4.69, 9.17) is 11.6 Å². The van der Waals surface area contributed by atoms with Gasteiger partial charge in [-0.15, -0.1) is 11.6 Å². The average Bonchev–Trinajstić information content (AvgIpc) is 2.09. The topological polar surface area (TPSA) is 0 Å². The summed E-state index contributed by atoms with van der Waals surface area (Å²) in [5, 5.41) is 0. The zero-order chi connectivity index (χ0) is 9.84. The van der Waals surface area contributed by atoms with Crippen LogP contribution in [0.1, 0.15) is 12.5 Å². The fourth-order valence-electron chi connectivity index (χ4n) is 1.12. The lowest BCUT2D eigenvalue weighted by atomic mass is 10.0. The van der Waals surface area contributed by atoms with Crippen molar-refractivity contribution in [2.75, 3.05) is 5.88 Å². The van der Waals surface area contributed by atoms with Crippen molar-refractivity contribution in [2.45, 2.75) is 13.3 Å². The molecule has 1 atom stereocenters. The van der Waals surface area contributed by atoms with Gasteiger partial charge in [-0.3, -0.25) is 0 Å². The van der Waals surface area contributed by atoms with E-state index in [9.17, 15) is 8.78 Å². The van der Waals surface area contributed by atoms with Gasteiger partial charge in [0.15, 0.2) is 0 Å². The Balaban J connectivity index is 2.77. The molecule has 1 rings (SSSR count). The molecule has 0 heterocycles. The van der Waals surface area contributed by atoms with Gasteiger partial charge >= 0.3 is 0 Å². The minimum absolute atomic E-state index is 0.210. The zero-order valence-electron chi connectivity index (χ0n) is 7.36. The molecule has 0 aliphatic heterocycles. The monoisotopic (exact) mass is 204 g/mol. The zero-order valence-corrected chi connectivity index (χ0v) is 8.11. The van der Waals surface area contributed by atoms with Crippen molar-refractivity contribution in [3.05, 3.63) is 35.4 Å². The second-order valence-electron chi connectivity index (χ2n) is 3.20. The van der Waals surface area contributed by atoms with E-state index in [2.05, 4.69) is 0 Å². The highest BCUT2D eigenvalue weighted by Gasteiger charge is 2.07. The first kappa shape index (κ1) is 10.5. The molecule has 0 nitrogen and oxygen atoms in total. The average molecular weight is 205 g/mol. The van der Waals surface area contributed by atoms with Crippen molar-refractivity contribution in [3.8, 4) is 0 Å². The van der Waals surface area contributed by atoms with Gasteiger partial charge in [-0.1, -0.05) is 13.0 Å². The Bertz CT molecular complexity index is 286. The minimum atomic E-state index is -0.542. The van der Waals surface area contributed by atoms with Crippen LogP contribution in [0.5, 0.6) is 0 Å². The van der Waals surface area contributed by atoms with Crippen LogP contribution in [0.2, 0.25) is 0 Å². The van der Waals surface area contributed by atoms with E-state index < -0.39 is 11.6 Å². The Morgan fingerprint density at radius 3 is 2.62 bits per heavy atom. The van der Waals surface area contributed by atoms with E-state index in [1.54, 1.807) is 0 Å². The van der Waals surface area contributed by atoms with Crippen LogP contribution in [-0.4, -0.2) is 5.88 Å². The first-order valence-corrected chi connectivity index (χ1v) is 4.67. The fourth-order valence-corrected chi connectivity index (χ4v) is 1.23. The summed E-state index contributed by atoms with van der Waals surface area (Å²) < 4.78 is 25.6. The molecule has 0 saturated carbocycles. The van der Waals surface area contributed by atoms with E-state index >= 15 is 0 Å². The quantitative estimate of drug-likeness (QED) is 0.663. The van der Waals surface area contributed by atoms with Crippen LogP contribution in [0, 0.1) is 17.6 Å². The molecule has 0 N–H and O–H groups in total.